The lowest BCUT2D eigenvalue weighted by molar-refractivity contribution is 0.244. The molecule has 0 radical (unpaired) electrons. The number of urea groups is 1. The van der Waals surface area contributed by atoms with Gasteiger partial charge >= 0.3 is 6.03 Å². The molecule has 0 aliphatic rings. The Bertz CT molecular complexity index is 592. The summed E-state index contributed by atoms with van der Waals surface area (Å²) in [4.78, 5) is 11.6. The molecule has 3 N–H and O–H groups in total. The number of hydrogen-bond acceptors (Lipinski definition) is 2. The lowest BCUT2D eigenvalue weighted by Crippen LogP contribution is -2.33. The van der Waals surface area contributed by atoms with E-state index in [4.69, 9.17) is 0 Å². The first kappa shape index (κ1) is 14.7. The average molecular weight is 282 g/mol. The van der Waals surface area contributed by atoms with E-state index in [0.717, 1.165) is 17.5 Å². The van der Waals surface area contributed by atoms with Crippen LogP contribution in [0.25, 0.3) is 6.08 Å². The molecule has 0 bridgehead atoms. The molecule has 2 rings (SSSR count). The third-order valence-electron chi connectivity index (χ3n) is 2.93. The summed E-state index contributed by atoms with van der Waals surface area (Å²) in [6.07, 6.45) is 4.17. The minimum Gasteiger partial charge on any atom is -0.508 e. The maximum atomic E-state index is 11.6. The van der Waals surface area contributed by atoms with Crippen LogP contribution in [-0.2, 0) is 6.42 Å². The fraction of sp³-hybridized carbons (Fsp3) is 0.118. The van der Waals surface area contributed by atoms with Crippen LogP contribution >= 0.6 is 0 Å². The SMILES string of the molecule is O=C(N/C=C/c1ccccc1)NCCc1ccc(O)cc1. The Morgan fingerprint density at radius 3 is 2.48 bits per heavy atom. The molecule has 4 nitrogen and oxygen atoms in total. The highest BCUT2D eigenvalue weighted by molar-refractivity contribution is 5.75. The predicted molar refractivity (Wildman–Crippen MR) is 83.8 cm³/mol. The number of carbonyl (C=O) groups excluding carboxylic acids is 1. The van der Waals surface area contributed by atoms with E-state index in [-0.39, 0.29) is 11.8 Å². The number of benzene rings is 2. The number of phenols is 1. The highest BCUT2D eigenvalue weighted by Crippen LogP contribution is 2.09. The molecule has 2 amide bonds. The molecule has 21 heavy (non-hydrogen) atoms. The number of hydrogen-bond donors (Lipinski definition) is 3. The largest absolute Gasteiger partial charge is 0.508 e. The minimum absolute atomic E-state index is 0.235. The fourth-order valence-electron chi connectivity index (χ4n) is 1.81. The van der Waals surface area contributed by atoms with E-state index in [1.165, 1.54) is 0 Å². The third kappa shape index (κ3) is 5.40. The summed E-state index contributed by atoms with van der Waals surface area (Å²) in [7, 11) is 0. The molecule has 0 aliphatic heterocycles. The number of phenolic OH excluding ortho intramolecular Hbond substituents is 1. The van der Waals surface area contributed by atoms with Gasteiger partial charge in [-0.15, -0.1) is 0 Å². The molecule has 0 aromatic heterocycles. The van der Waals surface area contributed by atoms with E-state index in [2.05, 4.69) is 10.6 Å². The molecule has 2 aromatic rings. The summed E-state index contributed by atoms with van der Waals surface area (Å²) in [5, 5.41) is 14.6. The van der Waals surface area contributed by atoms with Crippen LogP contribution in [0.15, 0.2) is 60.8 Å². The van der Waals surface area contributed by atoms with Crippen LogP contribution in [0.5, 0.6) is 5.75 Å². The van der Waals surface area contributed by atoms with Gasteiger partial charge in [0.25, 0.3) is 0 Å². The normalized spacial score (nSPS) is 10.5. The van der Waals surface area contributed by atoms with Gasteiger partial charge in [0.2, 0.25) is 0 Å². The Morgan fingerprint density at radius 1 is 1.05 bits per heavy atom. The molecular formula is C17H18N2O2. The van der Waals surface area contributed by atoms with Crippen molar-refractivity contribution in [2.75, 3.05) is 6.54 Å². The third-order valence-corrected chi connectivity index (χ3v) is 2.93. The number of rotatable bonds is 5. The van der Waals surface area contributed by atoms with Crippen LogP contribution in [0, 0.1) is 0 Å². The van der Waals surface area contributed by atoms with Crippen molar-refractivity contribution in [3.63, 3.8) is 0 Å². The molecule has 0 saturated heterocycles. The van der Waals surface area contributed by atoms with Crippen molar-refractivity contribution in [3.8, 4) is 5.75 Å². The highest BCUT2D eigenvalue weighted by atomic mass is 16.3. The van der Waals surface area contributed by atoms with Gasteiger partial charge in [-0.1, -0.05) is 42.5 Å². The quantitative estimate of drug-likeness (QED) is 0.789. The van der Waals surface area contributed by atoms with E-state index in [9.17, 15) is 9.90 Å². The first-order valence-corrected chi connectivity index (χ1v) is 6.78. The molecule has 0 unspecified atom stereocenters. The second kappa shape index (κ2) is 7.75. The predicted octanol–water partition coefficient (Wildman–Crippen LogP) is 2.90. The Labute approximate surface area is 124 Å². The lowest BCUT2D eigenvalue weighted by atomic mass is 10.1. The van der Waals surface area contributed by atoms with Gasteiger partial charge in [0.1, 0.15) is 5.75 Å². The van der Waals surface area contributed by atoms with Crippen molar-refractivity contribution in [2.24, 2.45) is 0 Å². The molecule has 0 atom stereocenters. The number of amides is 2. The van der Waals surface area contributed by atoms with Crippen LogP contribution in [0.1, 0.15) is 11.1 Å². The van der Waals surface area contributed by atoms with Gasteiger partial charge in [-0.2, -0.15) is 0 Å². The average Bonchev–Trinajstić information content (AvgIpc) is 2.50. The van der Waals surface area contributed by atoms with Gasteiger partial charge in [-0.25, -0.2) is 4.79 Å². The first-order chi connectivity index (χ1) is 10.2. The van der Waals surface area contributed by atoms with Gasteiger partial charge in [-0.3, -0.25) is 0 Å². The van der Waals surface area contributed by atoms with E-state index in [1.807, 2.05) is 48.5 Å². The first-order valence-electron chi connectivity index (χ1n) is 6.78. The molecule has 0 fully saturated rings. The van der Waals surface area contributed by atoms with Crippen LogP contribution in [0.4, 0.5) is 4.79 Å². The summed E-state index contributed by atoms with van der Waals surface area (Å²) in [6, 6.07) is 16.5. The summed E-state index contributed by atoms with van der Waals surface area (Å²) in [5.41, 5.74) is 2.09. The fourth-order valence-corrected chi connectivity index (χ4v) is 1.81. The Kier molecular flexibility index (Phi) is 5.41. The highest BCUT2D eigenvalue weighted by Gasteiger charge is 1.97. The van der Waals surface area contributed by atoms with Crippen molar-refractivity contribution in [2.45, 2.75) is 6.42 Å². The Hall–Kier alpha value is -2.75. The summed E-state index contributed by atoms with van der Waals surface area (Å²) in [6.45, 7) is 0.537. The van der Waals surface area contributed by atoms with Crippen molar-refractivity contribution in [3.05, 3.63) is 71.9 Å². The molecule has 2 aromatic carbocycles. The topological polar surface area (TPSA) is 61.4 Å². The van der Waals surface area contributed by atoms with Crippen LogP contribution in [0.2, 0.25) is 0 Å². The van der Waals surface area contributed by atoms with E-state index in [1.54, 1.807) is 18.3 Å². The molecule has 4 heteroatoms. The van der Waals surface area contributed by atoms with Gasteiger partial charge in [0.15, 0.2) is 0 Å². The van der Waals surface area contributed by atoms with Gasteiger partial charge in [-0.05, 0) is 35.8 Å². The second-order valence-corrected chi connectivity index (χ2v) is 4.56. The molecular weight excluding hydrogens is 264 g/mol. The smallest absolute Gasteiger partial charge is 0.318 e. The zero-order valence-corrected chi connectivity index (χ0v) is 11.6. The Balaban J connectivity index is 1.68. The minimum atomic E-state index is -0.235. The monoisotopic (exact) mass is 282 g/mol. The van der Waals surface area contributed by atoms with Crippen LogP contribution < -0.4 is 10.6 Å². The molecule has 0 heterocycles. The van der Waals surface area contributed by atoms with E-state index >= 15 is 0 Å². The zero-order chi connectivity index (χ0) is 14.9. The lowest BCUT2D eigenvalue weighted by Gasteiger charge is -2.05. The number of nitrogens with one attached hydrogen (secondary N) is 2. The number of carbonyl (C=O) groups is 1. The Morgan fingerprint density at radius 2 is 1.76 bits per heavy atom. The summed E-state index contributed by atoms with van der Waals surface area (Å²) >= 11 is 0. The van der Waals surface area contributed by atoms with Crippen molar-refractivity contribution >= 4 is 12.1 Å². The van der Waals surface area contributed by atoms with E-state index < -0.39 is 0 Å². The summed E-state index contributed by atoms with van der Waals surface area (Å²) < 4.78 is 0. The number of aromatic hydroxyl groups is 1. The maximum Gasteiger partial charge on any atom is 0.318 e. The molecule has 108 valence electrons. The van der Waals surface area contributed by atoms with Gasteiger partial charge in [0.05, 0.1) is 0 Å². The standard InChI is InChI=1S/C17H18N2O2/c20-16-8-6-15(7-9-16)11-13-19-17(21)18-12-10-14-4-2-1-3-5-14/h1-10,12,20H,11,13H2,(H2,18,19,21)/b12-10+. The van der Waals surface area contributed by atoms with Crippen molar-refractivity contribution in [1.29, 1.82) is 0 Å². The molecule has 0 aliphatic carbocycles. The van der Waals surface area contributed by atoms with Gasteiger partial charge in [0, 0.05) is 12.7 Å². The second-order valence-electron chi connectivity index (χ2n) is 4.56. The zero-order valence-electron chi connectivity index (χ0n) is 11.6. The van der Waals surface area contributed by atoms with Crippen LogP contribution in [-0.4, -0.2) is 17.7 Å². The van der Waals surface area contributed by atoms with Gasteiger partial charge < -0.3 is 15.7 Å². The van der Waals surface area contributed by atoms with Crippen molar-refractivity contribution < 1.29 is 9.90 Å². The summed E-state index contributed by atoms with van der Waals surface area (Å²) in [5.74, 6) is 0.246. The van der Waals surface area contributed by atoms with Crippen LogP contribution in [0.3, 0.4) is 0 Å². The van der Waals surface area contributed by atoms with E-state index in [0.29, 0.717) is 6.54 Å². The van der Waals surface area contributed by atoms with Crippen molar-refractivity contribution in [1.82, 2.24) is 10.6 Å². The maximum absolute atomic E-state index is 11.6. The molecule has 0 spiro atoms. The molecule has 0 saturated carbocycles.